The van der Waals surface area contributed by atoms with Gasteiger partial charge in [-0.05, 0) is 49.4 Å². The van der Waals surface area contributed by atoms with Crippen molar-refractivity contribution in [3.05, 3.63) is 71.0 Å². The van der Waals surface area contributed by atoms with E-state index < -0.39 is 9.84 Å². The van der Waals surface area contributed by atoms with Crippen molar-refractivity contribution in [2.75, 3.05) is 48.6 Å². The largest absolute Gasteiger partial charge is 0.489 e. The molecule has 43 heavy (non-hydrogen) atoms. The van der Waals surface area contributed by atoms with Gasteiger partial charge in [-0.2, -0.15) is 5.26 Å². The van der Waals surface area contributed by atoms with Crippen LogP contribution in [0, 0.1) is 23.8 Å². The molecule has 0 unspecified atom stereocenters. The van der Waals surface area contributed by atoms with Crippen LogP contribution in [0.2, 0.25) is 0 Å². The SMILES string of the molecule is [C-]#[N+]c1cc(C#N)cc(CN(Cc2nc(OC)ccc2N(CC)CC2CCCC2)c2ncc(OCCS(C)(=O)=O)cn2)c1. The first kappa shape index (κ1) is 31.5. The first-order valence-electron chi connectivity index (χ1n) is 14.3. The van der Waals surface area contributed by atoms with Crippen LogP contribution in [0.4, 0.5) is 17.3 Å². The van der Waals surface area contributed by atoms with E-state index in [0.29, 0.717) is 47.8 Å². The summed E-state index contributed by atoms with van der Waals surface area (Å²) in [5, 5.41) is 9.55. The summed E-state index contributed by atoms with van der Waals surface area (Å²) < 4.78 is 34.0. The number of pyridine rings is 1. The van der Waals surface area contributed by atoms with E-state index in [1.54, 1.807) is 25.3 Å². The molecule has 0 atom stereocenters. The smallest absolute Gasteiger partial charge is 0.226 e. The number of nitrogens with zero attached hydrogens (tertiary/aromatic N) is 7. The number of nitriles is 1. The van der Waals surface area contributed by atoms with Gasteiger partial charge in [0.15, 0.2) is 21.3 Å². The quantitative estimate of drug-likeness (QED) is 0.234. The highest BCUT2D eigenvalue weighted by molar-refractivity contribution is 7.90. The predicted molar refractivity (Wildman–Crippen MR) is 165 cm³/mol. The highest BCUT2D eigenvalue weighted by atomic mass is 32.2. The molecule has 1 saturated carbocycles. The summed E-state index contributed by atoms with van der Waals surface area (Å²) in [4.78, 5) is 21.7. The number of aromatic nitrogens is 3. The predicted octanol–water partition coefficient (Wildman–Crippen LogP) is 4.95. The molecule has 1 aromatic carbocycles. The van der Waals surface area contributed by atoms with Gasteiger partial charge in [0, 0.05) is 37.5 Å². The number of benzene rings is 1. The second kappa shape index (κ2) is 14.7. The van der Waals surface area contributed by atoms with E-state index in [2.05, 4.69) is 32.7 Å². The summed E-state index contributed by atoms with van der Waals surface area (Å²) in [7, 11) is -1.58. The zero-order valence-corrected chi connectivity index (χ0v) is 25.7. The van der Waals surface area contributed by atoms with E-state index in [-0.39, 0.29) is 12.4 Å². The van der Waals surface area contributed by atoms with Gasteiger partial charge in [0.1, 0.15) is 6.61 Å². The third-order valence-electron chi connectivity index (χ3n) is 7.38. The van der Waals surface area contributed by atoms with Crippen molar-refractivity contribution in [2.24, 2.45) is 5.92 Å². The van der Waals surface area contributed by atoms with E-state index >= 15 is 0 Å². The average molecular weight is 604 g/mol. The van der Waals surface area contributed by atoms with Crippen LogP contribution in [0.15, 0.2) is 42.7 Å². The van der Waals surface area contributed by atoms with E-state index in [0.717, 1.165) is 36.3 Å². The van der Waals surface area contributed by atoms with Crippen molar-refractivity contribution in [3.8, 4) is 17.7 Å². The zero-order chi connectivity index (χ0) is 30.8. The van der Waals surface area contributed by atoms with E-state index in [1.165, 1.54) is 38.1 Å². The first-order chi connectivity index (χ1) is 20.7. The van der Waals surface area contributed by atoms with Gasteiger partial charge in [0.2, 0.25) is 11.8 Å². The van der Waals surface area contributed by atoms with Crippen LogP contribution in [0.25, 0.3) is 4.85 Å². The molecular weight excluding hydrogens is 566 g/mol. The minimum Gasteiger partial charge on any atom is -0.489 e. The summed E-state index contributed by atoms with van der Waals surface area (Å²) in [6.45, 7) is 12.0. The van der Waals surface area contributed by atoms with Crippen molar-refractivity contribution in [2.45, 2.75) is 45.7 Å². The number of hydrogen-bond acceptors (Lipinski definition) is 10. The van der Waals surface area contributed by atoms with Gasteiger partial charge in [-0.3, -0.25) is 0 Å². The molecule has 2 heterocycles. The highest BCUT2D eigenvalue weighted by Crippen LogP contribution is 2.31. The Bertz CT molecular complexity index is 1540. The molecule has 1 aliphatic rings. The van der Waals surface area contributed by atoms with Gasteiger partial charge in [0.25, 0.3) is 0 Å². The molecule has 1 fully saturated rings. The minimum atomic E-state index is -3.16. The maximum Gasteiger partial charge on any atom is 0.226 e. The lowest BCUT2D eigenvalue weighted by Gasteiger charge is -2.30. The third-order valence-corrected chi connectivity index (χ3v) is 8.29. The van der Waals surface area contributed by atoms with Gasteiger partial charge in [-0.1, -0.05) is 18.9 Å². The fourth-order valence-corrected chi connectivity index (χ4v) is 5.63. The van der Waals surface area contributed by atoms with Crippen LogP contribution in [-0.4, -0.2) is 62.2 Å². The number of methoxy groups -OCH3 is 1. The van der Waals surface area contributed by atoms with Crippen molar-refractivity contribution in [3.63, 3.8) is 0 Å². The Morgan fingerprint density at radius 3 is 2.49 bits per heavy atom. The van der Waals surface area contributed by atoms with Gasteiger partial charge in [-0.25, -0.2) is 28.2 Å². The van der Waals surface area contributed by atoms with E-state index in [1.807, 2.05) is 17.0 Å². The number of anilines is 2. The lowest BCUT2D eigenvalue weighted by molar-refractivity contribution is 0.338. The fraction of sp³-hybridized carbons (Fsp3) is 0.452. The average Bonchev–Trinajstić information content (AvgIpc) is 3.52. The van der Waals surface area contributed by atoms with Gasteiger partial charge < -0.3 is 19.3 Å². The molecule has 4 rings (SSSR count). The topological polar surface area (TPSA) is 126 Å². The molecule has 11 nitrogen and oxygen atoms in total. The number of ether oxygens (including phenoxy) is 2. The molecule has 12 heteroatoms. The van der Waals surface area contributed by atoms with Crippen LogP contribution in [0.5, 0.6) is 11.6 Å². The summed E-state index contributed by atoms with van der Waals surface area (Å²) in [6, 6.07) is 11.1. The molecule has 0 spiro atoms. The van der Waals surface area contributed by atoms with Crippen molar-refractivity contribution >= 4 is 27.2 Å². The minimum absolute atomic E-state index is 0.00343. The Morgan fingerprint density at radius 2 is 1.86 bits per heavy atom. The molecule has 0 aliphatic heterocycles. The van der Waals surface area contributed by atoms with Gasteiger partial charge >= 0.3 is 0 Å². The lowest BCUT2D eigenvalue weighted by Crippen LogP contribution is -2.31. The molecule has 1 aliphatic carbocycles. The Labute approximate surface area is 253 Å². The van der Waals surface area contributed by atoms with Crippen LogP contribution in [-0.2, 0) is 22.9 Å². The number of hydrogen-bond donors (Lipinski definition) is 0. The Hall–Kier alpha value is -4.42. The van der Waals surface area contributed by atoms with E-state index in [9.17, 15) is 13.7 Å². The molecule has 226 valence electrons. The maximum absolute atomic E-state index is 11.5. The Balaban J connectivity index is 1.68. The summed E-state index contributed by atoms with van der Waals surface area (Å²) in [5.41, 5.74) is 3.32. The third kappa shape index (κ3) is 9.03. The first-order valence-corrected chi connectivity index (χ1v) is 16.3. The second-order valence-corrected chi connectivity index (χ2v) is 12.9. The molecule has 0 amide bonds. The second-order valence-electron chi connectivity index (χ2n) is 10.7. The normalized spacial score (nSPS) is 13.2. The van der Waals surface area contributed by atoms with Crippen LogP contribution < -0.4 is 19.3 Å². The standard InChI is InChI=1S/C31H37N7O4S/c1-5-37(20-23-8-6-7-9-23)29-10-11-30(41-3)36-28(29)22-38(21-25-14-24(17-32)15-26(16-25)33-2)31-34-18-27(19-35-31)42-12-13-43(4,39)40/h10-11,14-16,18-19,23H,5-9,12-13,20-22H2,1,3-4H3. The number of rotatable bonds is 14. The number of sulfone groups is 1. The van der Waals surface area contributed by atoms with Crippen molar-refractivity contribution in [1.29, 1.82) is 5.26 Å². The van der Waals surface area contributed by atoms with Crippen LogP contribution >= 0.6 is 0 Å². The zero-order valence-electron chi connectivity index (χ0n) is 24.9. The molecule has 0 saturated heterocycles. The monoisotopic (exact) mass is 603 g/mol. The van der Waals surface area contributed by atoms with E-state index in [4.69, 9.17) is 21.0 Å². The molecule has 2 aromatic heterocycles. The Kier molecular flexibility index (Phi) is 10.7. The van der Waals surface area contributed by atoms with Crippen molar-refractivity contribution < 1.29 is 17.9 Å². The van der Waals surface area contributed by atoms with Crippen LogP contribution in [0.1, 0.15) is 49.4 Å². The van der Waals surface area contributed by atoms with Crippen LogP contribution in [0.3, 0.4) is 0 Å². The van der Waals surface area contributed by atoms with Gasteiger partial charge in [-0.15, -0.1) is 0 Å². The highest BCUT2D eigenvalue weighted by Gasteiger charge is 2.23. The summed E-state index contributed by atoms with van der Waals surface area (Å²) in [5.74, 6) is 1.76. The molecular formula is C31H37N7O4S. The van der Waals surface area contributed by atoms with Crippen molar-refractivity contribution in [1.82, 2.24) is 15.0 Å². The summed E-state index contributed by atoms with van der Waals surface area (Å²) >= 11 is 0. The molecule has 0 radical (unpaired) electrons. The van der Waals surface area contributed by atoms with Gasteiger partial charge in [0.05, 0.1) is 55.8 Å². The molecule has 3 aromatic rings. The molecule has 0 bridgehead atoms. The lowest BCUT2D eigenvalue weighted by atomic mass is 10.1. The fourth-order valence-electron chi connectivity index (χ4n) is 5.25. The Morgan fingerprint density at radius 1 is 1.12 bits per heavy atom. The summed E-state index contributed by atoms with van der Waals surface area (Å²) in [6.07, 6.45) is 9.16. The maximum atomic E-state index is 11.5. The molecule has 0 N–H and O–H groups in total.